The van der Waals surface area contributed by atoms with Crippen LogP contribution in [0, 0.1) is 11.7 Å². The predicted molar refractivity (Wildman–Crippen MR) is 96.4 cm³/mol. The Labute approximate surface area is 153 Å². The first kappa shape index (κ1) is 18.8. The molecule has 2 heterocycles. The van der Waals surface area contributed by atoms with Gasteiger partial charge in [-0.15, -0.1) is 0 Å². The Kier molecular flexibility index (Phi) is 5.85. The van der Waals surface area contributed by atoms with Crippen molar-refractivity contribution in [3.63, 3.8) is 0 Å². The summed E-state index contributed by atoms with van der Waals surface area (Å²) in [5.74, 6) is 0.652. The standard InChI is InChI=1S/C18H22FN3O3S/c1-14-4-3-9-22(13-14)26(23,24)21-12-15-7-8-18(20-11-15)25-17-6-2-5-16(19)10-17/h2,5-8,10-11,14,21H,3-4,9,12-13H2,1H3/t14-/m1/s1. The molecule has 8 heteroatoms. The number of pyridine rings is 1. The van der Waals surface area contributed by atoms with Crippen molar-refractivity contribution in [2.75, 3.05) is 13.1 Å². The number of nitrogens with one attached hydrogen (secondary N) is 1. The number of nitrogens with zero attached hydrogens (tertiary/aromatic N) is 2. The zero-order valence-electron chi connectivity index (χ0n) is 14.6. The Hall–Kier alpha value is -2.03. The number of hydrogen-bond acceptors (Lipinski definition) is 4. The van der Waals surface area contributed by atoms with Gasteiger partial charge in [-0.2, -0.15) is 17.4 Å². The van der Waals surface area contributed by atoms with Gasteiger partial charge in [-0.3, -0.25) is 0 Å². The van der Waals surface area contributed by atoms with Crippen molar-refractivity contribution in [3.8, 4) is 11.6 Å². The first-order valence-electron chi connectivity index (χ1n) is 8.55. The molecule has 0 unspecified atom stereocenters. The Morgan fingerprint density at radius 1 is 1.35 bits per heavy atom. The highest BCUT2D eigenvalue weighted by atomic mass is 32.2. The van der Waals surface area contributed by atoms with E-state index in [1.807, 2.05) is 0 Å². The monoisotopic (exact) mass is 379 g/mol. The summed E-state index contributed by atoms with van der Waals surface area (Å²) in [5.41, 5.74) is 0.713. The van der Waals surface area contributed by atoms with Gasteiger partial charge >= 0.3 is 0 Å². The van der Waals surface area contributed by atoms with Crippen LogP contribution in [0.1, 0.15) is 25.3 Å². The van der Waals surface area contributed by atoms with Crippen LogP contribution in [0.5, 0.6) is 11.6 Å². The molecule has 1 aliphatic rings. The van der Waals surface area contributed by atoms with Crippen LogP contribution in [-0.4, -0.2) is 30.8 Å². The SMILES string of the molecule is C[C@@H]1CCCN(S(=O)(=O)NCc2ccc(Oc3cccc(F)c3)nc2)C1. The van der Waals surface area contributed by atoms with E-state index >= 15 is 0 Å². The molecule has 0 saturated carbocycles. The smallest absolute Gasteiger partial charge is 0.279 e. The maximum Gasteiger partial charge on any atom is 0.279 e. The van der Waals surface area contributed by atoms with Crippen LogP contribution in [0.2, 0.25) is 0 Å². The van der Waals surface area contributed by atoms with E-state index in [4.69, 9.17) is 4.74 Å². The van der Waals surface area contributed by atoms with Crippen LogP contribution in [0.3, 0.4) is 0 Å². The van der Waals surface area contributed by atoms with Gasteiger partial charge < -0.3 is 4.74 Å². The minimum Gasteiger partial charge on any atom is -0.439 e. The fraction of sp³-hybridized carbons (Fsp3) is 0.389. The molecule has 0 radical (unpaired) electrons. The molecule has 1 N–H and O–H groups in total. The Morgan fingerprint density at radius 3 is 2.88 bits per heavy atom. The van der Waals surface area contributed by atoms with Gasteiger partial charge in [0.05, 0.1) is 0 Å². The summed E-state index contributed by atoms with van der Waals surface area (Å²) >= 11 is 0. The first-order chi connectivity index (χ1) is 12.4. The van der Waals surface area contributed by atoms with Crippen molar-refractivity contribution in [2.45, 2.75) is 26.3 Å². The van der Waals surface area contributed by atoms with Crippen LogP contribution >= 0.6 is 0 Å². The Morgan fingerprint density at radius 2 is 2.19 bits per heavy atom. The van der Waals surface area contributed by atoms with Crippen molar-refractivity contribution >= 4 is 10.2 Å². The maximum absolute atomic E-state index is 13.2. The highest BCUT2D eigenvalue weighted by molar-refractivity contribution is 7.87. The number of halogens is 1. The number of aromatic nitrogens is 1. The number of ether oxygens (including phenoxy) is 1. The number of hydrogen-bond donors (Lipinski definition) is 1. The highest BCUT2D eigenvalue weighted by Gasteiger charge is 2.26. The number of piperidine rings is 1. The molecule has 6 nitrogen and oxygen atoms in total. The van der Waals surface area contributed by atoms with E-state index in [1.165, 1.54) is 22.6 Å². The van der Waals surface area contributed by atoms with Crippen molar-refractivity contribution in [2.24, 2.45) is 5.92 Å². The van der Waals surface area contributed by atoms with Crippen LogP contribution in [0.15, 0.2) is 42.6 Å². The van der Waals surface area contributed by atoms with Gasteiger partial charge in [-0.1, -0.05) is 19.1 Å². The Bertz CT molecular complexity index is 843. The highest BCUT2D eigenvalue weighted by Crippen LogP contribution is 2.20. The third-order valence-corrected chi connectivity index (χ3v) is 5.76. The van der Waals surface area contributed by atoms with Crippen LogP contribution in [0.4, 0.5) is 4.39 Å². The van der Waals surface area contributed by atoms with Crippen LogP contribution < -0.4 is 9.46 Å². The summed E-state index contributed by atoms with van der Waals surface area (Å²) < 4.78 is 47.5. The summed E-state index contributed by atoms with van der Waals surface area (Å²) in [7, 11) is -3.50. The lowest BCUT2D eigenvalue weighted by Crippen LogP contribution is -2.45. The van der Waals surface area contributed by atoms with Gasteiger partial charge in [0.1, 0.15) is 11.6 Å². The van der Waals surface area contributed by atoms with E-state index in [0.29, 0.717) is 36.2 Å². The second-order valence-corrected chi connectivity index (χ2v) is 8.25. The first-order valence-corrected chi connectivity index (χ1v) is 9.99. The van der Waals surface area contributed by atoms with Crippen molar-refractivity contribution in [1.82, 2.24) is 14.0 Å². The topological polar surface area (TPSA) is 71.5 Å². The summed E-state index contributed by atoms with van der Waals surface area (Å²) in [4.78, 5) is 4.14. The maximum atomic E-state index is 13.2. The minimum absolute atomic E-state index is 0.153. The molecule has 1 fully saturated rings. The molecule has 2 aromatic rings. The summed E-state index contributed by atoms with van der Waals surface area (Å²) in [6.07, 6.45) is 3.48. The molecule has 1 saturated heterocycles. The molecule has 1 aromatic heterocycles. The normalized spacial score (nSPS) is 18.6. The molecule has 0 bridgehead atoms. The lowest BCUT2D eigenvalue weighted by atomic mass is 10.0. The molecular formula is C18H22FN3O3S. The van der Waals surface area contributed by atoms with Crippen molar-refractivity contribution in [3.05, 3.63) is 54.0 Å². The fourth-order valence-corrected chi connectivity index (χ4v) is 4.21. The van der Waals surface area contributed by atoms with Crippen molar-refractivity contribution < 1.29 is 17.5 Å². The Balaban J connectivity index is 1.57. The number of rotatable bonds is 6. The zero-order valence-corrected chi connectivity index (χ0v) is 15.4. The average molecular weight is 379 g/mol. The van der Waals surface area contributed by atoms with Crippen LogP contribution in [-0.2, 0) is 16.8 Å². The van der Waals surface area contributed by atoms with E-state index in [1.54, 1.807) is 24.3 Å². The molecule has 1 aromatic carbocycles. The van der Waals surface area contributed by atoms with Crippen LogP contribution in [0.25, 0.3) is 0 Å². The summed E-state index contributed by atoms with van der Waals surface area (Å²) in [6.45, 7) is 3.32. The molecule has 140 valence electrons. The van der Waals surface area contributed by atoms with Crippen molar-refractivity contribution in [1.29, 1.82) is 0 Å². The number of benzene rings is 1. The van der Waals surface area contributed by atoms with Gasteiger partial charge in [-0.05, 0) is 36.5 Å². The largest absolute Gasteiger partial charge is 0.439 e. The predicted octanol–water partition coefficient (Wildman–Crippen LogP) is 3.08. The molecule has 3 rings (SSSR count). The van der Waals surface area contributed by atoms with Gasteiger partial charge in [0.2, 0.25) is 5.88 Å². The molecule has 1 atom stereocenters. The lowest BCUT2D eigenvalue weighted by molar-refractivity contribution is 0.278. The summed E-state index contributed by atoms with van der Waals surface area (Å²) in [5, 5.41) is 0. The molecule has 0 amide bonds. The molecule has 26 heavy (non-hydrogen) atoms. The molecule has 1 aliphatic heterocycles. The van der Waals surface area contributed by atoms with Gasteiger partial charge in [0.25, 0.3) is 10.2 Å². The second-order valence-electron chi connectivity index (χ2n) is 6.50. The summed E-state index contributed by atoms with van der Waals surface area (Å²) in [6, 6.07) is 9.13. The zero-order chi connectivity index (χ0) is 18.6. The second kappa shape index (κ2) is 8.11. The van der Waals surface area contributed by atoms with E-state index in [2.05, 4.69) is 16.6 Å². The third-order valence-electron chi connectivity index (χ3n) is 4.23. The van der Waals surface area contributed by atoms with E-state index in [-0.39, 0.29) is 12.4 Å². The van der Waals surface area contributed by atoms with E-state index < -0.39 is 10.2 Å². The van der Waals surface area contributed by atoms with Gasteiger partial charge in [-0.25, -0.2) is 9.37 Å². The molecule has 0 aliphatic carbocycles. The minimum atomic E-state index is -3.50. The quantitative estimate of drug-likeness (QED) is 0.837. The molecule has 0 spiro atoms. The van der Waals surface area contributed by atoms with Gasteiger partial charge in [0.15, 0.2) is 0 Å². The molecular weight excluding hydrogens is 357 g/mol. The fourth-order valence-electron chi connectivity index (χ4n) is 2.86. The average Bonchev–Trinajstić information content (AvgIpc) is 2.61. The van der Waals surface area contributed by atoms with E-state index in [9.17, 15) is 12.8 Å². The lowest BCUT2D eigenvalue weighted by Gasteiger charge is -2.29. The van der Waals surface area contributed by atoms with E-state index in [0.717, 1.165) is 12.8 Å². The van der Waals surface area contributed by atoms with Gasteiger partial charge in [0, 0.05) is 38.0 Å². The third kappa shape index (κ3) is 5.00.